The van der Waals surface area contributed by atoms with Crippen molar-refractivity contribution in [3.05, 3.63) is 24.3 Å². The standard InChI is InChI=1S/C15H22N2O6S2/c1-3-17(10-15(18)19)12-7-11(8-12)16-25(22,23)14-6-4-5-13(9-14)24(2,20)21/h4-6,9,11-12,16H,3,7-8,10H2,1-2H3,(H,18,19). The average Bonchev–Trinajstić information content (AvgIpc) is 2.47. The Labute approximate surface area is 147 Å². The summed E-state index contributed by atoms with van der Waals surface area (Å²) in [6, 6.07) is 4.95. The normalized spacial score (nSPS) is 21.1. The number of benzene rings is 1. The van der Waals surface area contributed by atoms with Crippen molar-refractivity contribution in [3.63, 3.8) is 0 Å². The molecular formula is C15H22N2O6S2. The summed E-state index contributed by atoms with van der Waals surface area (Å²) in [5.41, 5.74) is 0. The monoisotopic (exact) mass is 390 g/mol. The number of rotatable bonds is 8. The Kier molecular flexibility index (Phi) is 5.87. The molecule has 0 saturated heterocycles. The minimum absolute atomic E-state index is 0.0242. The number of carbonyl (C=O) groups is 1. The largest absolute Gasteiger partial charge is 0.480 e. The summed E-state index contributed by atoms with van der Waals surface area (Å²) in [5, 5.41) is 8.87. The maximum Gasteiger partial charge on any atom is 0.317 e. The van der Waals surface area contributed by atoms with Gasteiger partial charge in [0, 0.05) is 18.3 Å². The van der Waals surface area contributed by atoms with Crippen LogP contribution in [0.5, 0.6) is 0 Å². The third-order valence-corrected chi connectivity index (χ3v) is 6.87. The SMILES string of the molecule is CCN(CC(=O)O)C1CC(NS(=O)(=O)c2cccc(S(C)(=O)=O)c2)C1. The van der Waals surface area contributed by atoms with Crippen molar-refractivity contribution >= 4 is 25.8 Å². The van der Waals surface area contributed by atoms with Crippen molar-refractivity contribution in [2.24, 2.45) is 0 Å². The smallest absolute Gasteiger partial charge is 0.317 e. The molecule has 1 aliphatic rings. The van der Waals surface area contributed by atoms with E-state index in [1.54, 1.807) is 4.90 Å². The molecule has 1 aromatic carbocycles. The highest BCUT2D eigenvalue weighted by Crippen LogP contribution is 2.27. The fraction of sp³-hybridized carbons (Fsp3) is 0.533. The van der Waals surface area contributed by atoms with E-state index in [9.17, 15) is 21.6 Å². The van der Waals surface area contributed by atoms with E-state index in [1.165, 1.54) is 18.2 Å². The third-order valence-electron chi connectivity index (χ3n) is 4.24. The molecule has 0 heterocycles. The van der Waals surface area contributed by atoms with Gasteiger partial charge in [-0.15, -0.1) is 0 Å². The summed E-state index contributed by atoms with van der Waals surface area (Å²) in [5.74, 6) is -0.913. The van der Waals surface area contributed by atoms with Crippen LogP contribution in [0.2, 0.25) is 0 Å². The van der Waals surface area contributed by atoms with Gasteiger partial charge in [0.1, 0.15) is 0 Å². The van der Waals surface area contributed by atoms with E-state index in [0.717, 1.165) is 12.3 Å². The van der Waals surface area contributed by atoms with Gasteiger partial charge in [-0.2, -0.15) is 0 Å². The minimum atomic E-state index is -3.83. The lowest BCUT2D eigenvalue weighted by atomic mass is 9.86. The summed E-state index contributed by atoms with van der Waals surface area (Å²) < 4.78 is 50.5. The molecule has 2 rings (SSSR count). The van der Waals surface area contributed by atoms with Crippen LogP contribution in [0, 0.1) is 0 Å². The molecule has 0 unspecified atom stereocenters. The second kappa shape index (κ2) is 7.40. The van der Waals surface area contributed by atoms with Crippen LogP contribution < -0.4 is 4.72 Å². The van der Waals surface area contributed by atoms with Crippen LogP contribution in [0.15, 0.2) is 34.1 Å². The lowest BCUT2D eigenvalue weighted by Gasteiger charge is -2.42. The van der Waals surface area contributed by atoms with Crippen LogP contribution in [0.4, 0.5) is 0 Å². The molecule has 0 atom stereocenters. The second-order valence-electron chi connectivity index (χ2n) is 6.15. The summed E-state index contributed by atoms with van der Waals surface area (Å²) in [6.07, 6.45) is 2.06. The van der Waals surface area contributed by atoms with Gasteiger partial charge >= 0.3 is 5.97 Å². The highest BCUT2D eigenvalue weighted by molar-refractivity contribution is 7.91. The molecule has 2 N–H and O–H groups in total. The Morgan fingerprint density at radius 1 is 1.24 bits per heavy atom. The molecule has 0 aliphatic heterocycles. The van der Waals surface area contributed by atoms with E-state index in [-0.39, 0.29) is 28.4 Å². The third kappa shape index (κ3) is 5.00. The summed E-state index contributed by atoms with van der Waals surface area (Å²) in [7, 11) is -7.33. The van der Waals surface area contributed by atoms with Gasteiger partial charge in [-0.05, 0) is 37.6 Å². The molecule has 1 aromatic rings. The van der Waals surface area contributed by atoms with Gasteiger partial charge in [-0.3, -0.25) is 9.69 Å². The predicted molar refractivity (Wildman–Crippen MR) is 91.6 cm³/mol. The maximum absolute atomic E-state index is 12.4. The number of nitrogens with one attached hydrogen (secondary N) is 1. The number of hydrogen-bond acceptors (Lipinski definition) is 6. The number of sulfonamides is 1. The van der Waals surface area contributed by atoms with Crippen LogP contribution in [0.3, 0.4) is 0 Å². The number of hydrogen-bond donors (Lipinski definition) is 2. The van der Waals surface area contributed by atoms with Crippen molar-refractivity contribution in [2.75, 3.05) is 19.3 Å². The first-order chi connectivity index (χ1) is 11.5. The maximum atomic E-state index is 12.4. The van der Waals surface area contributed by atoms with Crippen LogP contribution in [-0.2, 0) is 24.7 Å². The predicted octanol–water partition coefficient (Wildman–Crippen LogP) is 0.306. The Hall–Kier alpha value is -1.49. The lowest BCUT2D eigenvalue weighted by molar-refractivity contribution is -0.139. The van der Waals surface area contributed by atoms with Crippen LogP contribution in [-0.4, -0.2) is 64.2 Å². The molecule has 8 nitrogen and oxygen atoms in total. The van der Waals surface area contributed by atoms with E-state index < -0.39 is 25.8 Å². The summed E-state index contributed by atoms with van der Waals surface area (Å²) >= 11 is 0. The van der Waals surface area contributed by atoms with Crippen molar-refractivity contribution in [1.82, 2.24) is 9.62 Å². The quantitative estimate of drug-likeness (QED) is 0.655. The molecule has 1 aliphatic carbocycles. The van der Waals surface area contributed by atoms with Crippen molar-refractivity contribution < 1.29 is 26.7 Å². The number of nitrogens with zero attached hydrogens (tertiary/aromatic N) is 1. The molecule has 1 saturated carbocycles. The number of carboxylic acids is 1. The minimum Gasteiger partial charge on any atom is -0.480 e. The number of sulfone groups is 1. The van der Waals surface area contributed by atoms with E-state index in [4.69, 9.17) is 5.11 Å². The topological polar surface area (TPSA) is 121 Å². The summed E-state index contributed by atoms with van der Waals surface area (Å²) in [6.45, 7) is 2.36. The van der Waals surface area contributed by atoms with E-state index in [0.29, 0.717) is 19.4 Å². The zero-order valence-corrected chi connectivity index (χ0v) is 15.7. The van der Waals surface area contributed by atoms with E-state index in [2.05, 4.69) is 4.72 Å². The van der Waals surface area contributed by atoms with Crippen molar-refractivity contribution in [1.29, 1.82) is 0 Å². The second-order valence-corrected chi connectivity index (χ2v) is 9.88. The van der Waals surface area contributed by atoms with Crippen molar-refractivity contribution in [3.8, 4) is 0 Å². The first-order valence-corrected chi connectivity index (χ1v) is 11.2. The van der Waals surface area contributed by atoms with Crippen LogP contribution in [0.25, 0.3) is 0 Å². The van der Waals surface area contributed by atoms with Gasteiger partial charge in [0.2, 0.25) is 10.0 Å². The van der Waals surface area contributed by atoms with E-state index >= 15 is 0 Å². The Bertz CT molecular complexity index is 845. The molecule has 0 radical (unpaired) electrons. The van der Waals surface area contributed by atoms with Crippen LogP contribution >= 0.6 is 0 Å². The lowest BCUT2D eigenvalue weighted by Crippen LogP contribution is -2.54. The van der Waals surface area contributed by atoms with Gasteiger partial charge < -0.3 is 5.11 Å². The highest BCUT2D eigenvalue weighted by Gasteiger charge is 2.36. The fourth-order valence-electron chi connectivity index (χ4n) is 2.81. The van der Waals surface area contributed by atoms with E-state index in [1.807, 2.05) is 6.92 Å². The number of aliphatic carboxylic acids is 1. The van der Waals surface area contributed by atoms with Gasteiger partial charge in [-0.1, -0.05) is 13.0 Å². The van der Waals surface area contributed by atoms with Gasteiger partial charge in [0.05, 0.1) is 16.3 Å². The first-order valence-electron chi connectivity index (χ1n) is 7.81. The molecule has 140 valence electrons. The Morgan fingerprint density at radius 2 is 1.84 bits per heavy atom. The molecule has 25 heavy (non-hydrogen) atoms. The zero-order valence-electron chi connectivity index (χ0n) is 14.0. The molecule has 10 heteroatoms. The molecule has 0 spiro atoms. The first kappa shape index (κ1) is 19.8. The number of carboxylic acid groups (broad SMARTS) is 1. The Balaban J connectivity index is 2.03. The molecule has 0 bridgehead atoms. The zero-order chi connectivity index (χ0) is 18.8. The number of likely N-dealkylation sites (N-methyl/N-ethyl adjacent to an activating group) is 1. The molecule has 0 amide bonds. The van der Waals surface area contributed by atoms with Gasteiger partial charge in [0.25, 0.3) is 0 Å². The Morgan fingerprint density at radius 3 is 2.36 bits per heavy atom. The van der Waals surface area contributed by atoms with Crippen molar-refractivity contribution in [2.45, 2.75) is 41.6 Å². The van der Waals surface area contributed by atoms with Crippen LogP contribution in [0.1, 0.15) is 19.8 Å². The molecular weight excluding hydrogens is 368 g/mol. The van der Waals surface area contributed by atoms with Gasteiger partial charge in [0.15, 0.2) is 9.84 Å². The molecule has 1 fully saturated rings. The molecule has 0 aromatic heterocycles. The van der Waals surface area contributed by atoms with Gasteiger partial charge in [-0.25, -0.2) is 21.6 Å². The highest BCUT2D eigenvalue weighted by atomic mass is 32.2. The summed E-state index contributed by atoms with van der Waals surface area (Å²) in [4.78, 5) is 12.5. The average molecular weight is 390 g/mol. The fourth-order valence-corrected chi connectivity index (χ4v) is 4.86.